The zero-order valence-corrected chi connectivity index (χ0v) is 11.8. The molecule has 0 spiro atoms. The van der Waals surface area contributed by atoms with Gasteiger partial charge in [0.05, 0.1) is 6.54 Å². The van der Waals surface area contributed by atoms with Crippen LogP contribution < -0.4 is 5.32 Å². The second-order valence-electron chi connectivity index (χ2n) is 5.94. The highest BCUT2D eigenvalue weighted by molar-refractivity contribution is 5.80. The molecule has 0 radical (unpaired) electrons. The van der Waals surface area contributed by atoms with Gasteiger partial charge in [0, 0.05) is 12.6 Å². The Morgan fingerprint density at radius 1 is 1.42 bits per heavy atom. The van der Waals surface area contributed by atoms with Gasteiger partial charge in [-0.1, -0.05) is 13.3 Å². The molecule has 2 N–H and O–H groups in total. The van der Waals surface area contributed by atoms with E-state index in [9.17, 15) is 14.7 Å². The highest BCUT2D eigenvalue weighted by atomic mass is 16.4. The van der Waals surface area contributed by atoms with Crippen LogP contribution in [0.5, 0.6) is 0 Å². The van der Waals surface area contributed by atoms with Crippen LogP contribution in [0.15, 0.2) is 0 Å². The van der Waals surface area contributed by atoms with Crippen LogP contribution in [0.4, 0.5) is 0 Å². The van der Waals surface area contributed by atoms with E-state index in [0.29, 0.717) is 5.92 Å². The van der Waals surface area contributed by atoms with Crippen molar-refractivity contribution in [2.75, 3.05) is 13.1 Å². The summed E-state index contributed by atoms with van der Waals surface area (Å²) in [6, 6.07) is -0.312. The molecule has 5 heteroatoms. The van der Waals surface area contributed by atoms with Gasteiger partial charge in [-0.3, -0.25) is 14.5 Å². The number of fused-ring (bicyclic) bond motifs is 1. The van der Waals surface area contributed by atoms with Crippen LogP contribution in [0.1, 0.15) is 39.5 Å². The number of carbonyl (C=O) groups is 2. The van der Waals surface area contributed by atoms with Gasteiger partial charge in [0.2, 0.25) is 5.91 Å². The molecule has 4 atom stereocenters. The van der Waals surface area contributed by atoms with Gasteiger partial charge in [-0.2, -0.15) is 0 Å². The Hall–Kier alpha value is -1.10. The molecule has 0 aromatic heterocycles. The van der Waals surface area contributed by atoms with Crippen LogP contribution in [0.3, 0.4) is 0 Å². The number of nitrogens with one attached hydrogen (secondary N) is 1. The number of aliphatic carboxylic acids is 1. The van der Waals surface area contributed by atoms with Crippen LogP contribution in [0.25, 0.3) is 0 Å². The van der Waals surface area contributed by atoms with Crippen molar-refractivity contribution in [2.24, 2.45) is 11.8 Å². The first-order valence-electron chi connectivity index (χ1n) is 7.29. The van der Waals surface area contributed by atoms with Crippen LogP contribution in [-0.4, -0.2) is 47.1 Å². The Morgan fingerprint density at radius 2 is 2.16 bits per heavy atom. The molecule has 5 nitrogen and oxygen atoms in total. The van der Waals surface area contributed by atoms with Crippen molar-refractivity contribution >= 4 is 11.9 Å². The zero-order valence-electron chi connectivity index (χ0n) is 11.8. The predicted octanol–water partition coefficient (Wildman–Crippen LogP) is 1.09. The van der Waals surface area contributed by atoms with E-state index in [-0.39, 0.29) is 24.4 Å². The van der Waals surface area contributed by atoms with Crippen molar-refractivity contribution in [2.45, 2.75) is 51.6 Å². The van der Waals surface area contributed by atoms with Crippen molar-refractivity contribution in [3.63, 3.8) is 0 Å². The number of carbonyl (C=O) groups excluding carboxylic acids is 1. The highest BCUT2D eigenvalue weighted by Crippen LogP contribution is 2.41. The maximum absolute atomic E-state index is 11.9. The minimum atomic E-state index is -0.772. The fourth-order valence-corrected chi connectivity index (χ4v) is 3.50. The topological polar surface area (TPSA) is 69.6 Å². The van der Waals surface area contributed by atoms with Gasteiger partial charge in [-0.15, -0.1) is 0 Å². The molecule has 2 aliphatic rings. The lowest BCUT2D eigenvalue weighted by Crippen LogP contribution is -2.46. The van der Waals surface area contributed by atoms with Gasteiger partial charge in [0.15, 0.2) is 0 Å². The van der Waals surface area contributed by atoms with Crippen LogP contribution in [0, 0.1) is 11.8 Å². The molecular formula is C14H24N2O3. The number of hydrogen-bond donors (Lipinski definition) is 2. The summed E-state index contributed by atoms with van der Waals surface area (Å²) >= 11 is 0. The van der Waals surface area contributed by atoms with Gasteiger partial charge in [0.1, 0.15) is 6.04 Å². The molecule has 2 rings (SSSR count). The van der Waals surface area contributed by atoms with Crippen LogP contribution in [0.2, 0.25) is 0 Å². The van der Waals surface area contributed by atoms with Crippen molar-refractivity contribution < 1.29 is 14.7 Å². The number of carboxylic acids is 1. The molecule has 0 bridgehead atoms. The third-order valence-corrected chi connectivity index (χ3v) is 4.61. The van der Waals surface area contributed by atoms with Gasteiger partial charge in [-0.25, -0.2) is 0 Å². The average Bonchev–Trinajstić information content (AvgIpc) is 2.87. The summed E-state index contributed by atoms with van der Waals surface area (Å²) in [6.07, 6.45) is 4.12. The Labute approximate surface area is 114 Å². The normalized spacial score (nSPS) is 32.0. The number of amides is 1. The molecule has 1 aliphatic carbocycles. The Balaban J connectivity index is 1.95. The molecule has 1 saturated carbocycles. The first-order chi connectivity index (χ1) is 9.02. The molecule has 1 saturated heterocycles. The maximum Gasteiger partial charge on any atom is 0.321 e. The molecule has 4 unspecified atom stereocenters. The lowest BCUT2D eigenvalue weighted by Gasteiger charge is -2.24. The van der Waals surface area contributed by atoms with Gasteiger partial charge < -0.3 is 10.4 Å². The van der Waals surface area contributed by atoms with E-state index in [2.05, 4.69) is 5.32 Å². The Kier molecular flexibility index (Phi) is 4.45. The molecule has 1 heterocycles. The van der Waals surface area contributed by atoms with Crippen molar-refractivity contribution in [1.29, 1.82) is 0 Å². The zero-order chi connectivity index (χ0) is 14.0. The quantitative estimate of drug-likeness (QED) is 0.783. The van der Waals surface area contributed by atoms with E-state index in [0.717, 1.165) is 32.2 Å². The third kappa shape index (κ3) is 3.08. The Morgan fingerprint density at radius 3 is 2.79 bits per heavy atom. The number of likely N-dealkylation sites (tertiary alicyclic amines) is 1. The largest absolute Gasteiger partial charge is 0.480 e. The van der Waals surface area contributed by atoms with Crippen molar-refractivity contribution in [3.05, 3.63) is 0 Å². The van der Waals surface area contributed by atoms with E-state index in [1.54, 1.807) is 0 Å². The highest BCUT2D eigenvalue weighted by Gasteiger charge is 2.47. The van der Waals surface area contributed by atoms with E-state index in [1.807, 2.05) is 18.7 Å². The number of nitrogens with zero attached hydrogens (tertiary/aromatic N) is 1. The summed E-state index contributed by atoms with van der Waals surface area (Å²) in [5.41, 5.74) is 0. The third-order valence-electron chi connectivity index (χ3n) is 4.61. The molecular weight excluding hydrogens is 244 g/mol. The minimum Gasteiger partial charge on any atom is -0.480 e. The summed E-state index contributed by atoms with van der Waals surface area (Å²) in [5.74, 6) is -0.113. The maximum atomic E-state index is 11.9. The number of carboxylic acid groups (broad SMARTS) is 1. The molecule has 1 amide bonds. The average molecular weight is 268 g/mol. The smallest absolute Gasteiger partial charge is 0.321 e. The molecule has 108 valence electrons. The lowest BCUT2D eigenvalue weighted by molar-refractivity contribution is -0.144. The SMILES string of the molecule is CCC(C)NC(=O)CN1CC2CCCC2C1C(=O)O. The van der Waals surface area contributed by atoms with Gasteiger partial charge in [-0.05, 0) is 38.0 Å². The Bertz CT molecular complexity index is 359. The number of rotatable bonds is 5. The standard InChI is InChI=1S/C14H24N2O3/c1-3-9(2)15-12(17)8-16-7-10-5-4-6-11(10)13(16)14(18)19/h9-11,13H,3-8H2,1-2H3,(H,15,17)(H,18,19). The molecule has 0 aromatic carbocycles. The lowest BCUT2D eigenvalue weighted by atomic mass is 9.94. The summed E-state index contributed by atoms with van der Waals surface area (Å²) in [5, 5.41) is 12.3. The molecule has 1 aliphatic heterocycles. The van der Waals surface area contributed by atoms with E-state index in [4.69, 9.17) is 0 Å². The summed E-state index contributed by atoms with van der Waals surface area (Å²) < 4.78 is 0. The predicted molar refractivity (Wildman–Crippen MR) is 71.7 cm³/mol. The van der Waals surface area contributed by atoms with E-state index in [1.165, 1.54) is 0 Å². The van der Waals surface area contributed by atoms with Crippen molar-refractivity contribution in [1.82, 2.24) is 10.2 Å². The van der Waals surface area contributed by atoms with Crippen LogP contribution in [-0.2, 0) is 9.59 Å². The van der Waals surface area contributed by atoms with Gasteiger partial charge >= 0.3 is 5.97 Å². The van der Waals surface area contributed by atoms with Gasteiger partial charge in [0.25, 0.3) is 0 Å². The van der Waals surface area contributed by atoms with Crippen molar-refractivity contribution in [3.8, 4) is 0 Å². The fourth-order valence-electron chi connectivity index (χ4n) is 3.50. The summed E-state index contributed by atoms with van der Waals surface area (Å²) in [4.78, 5) is 25.2. The fraction of sp³-hybridized carbons (Fsp3) is 0.857. The van der Waals surface area contributed by atoms with E-state index >= 15 is 0 Å². The molecule has 2 fully saturated rings. The monoisotopic (exact) mass is 268 g/mol. The van der Waals surface area contributed by atoms with Crippen LogP contribution >= 0.6 is 0 Å². The minimum absolute atomic E-state index is 0.0550. The summed E-state index contributed by atoms with van der Waals surface area (Å²) in [7, 11) is 0. The molecule has 19 heavy (non-hydrogen) atoms. The second-order valence-corrected chi connectivity index (χ2v) is 5.94. The van der Waals surface area contributed by atoms with E-state index < -0.39 is 12.0 Å². The number of hydrogen-bond acceptors (Lipinski definition) is 3. The summed E-state index contributed by atoms with van der Waals surface area (Å²) in [6.45, 7) is 4.96. The second kappa shape index (κ2) is 5.90. The first-order valence-corrected chi connectivity index (χ1v) is 7.29. The molecule has 0 aromatic rings. The first kappa shape index (κ1) is 14.3.